The molecule has 4 aromatic rings. The largest absolute Gasteiger partial charge is 0.490 e. The van der Waals surface area contributed by atoms with Gasteiger partial charge in [-0.2, -0.15) is 18.4 Å². The van der Waals surface area contributed by atoms with E-state index in [2.05, 4.69) is 35.6 Å². The molecule has 0 aliphatic carbocycles. The van der Waals surface area contributed by atoms with Gasteiger partial charge in [-0.3, -0.25) is 10.1 Å². The van der Waals surface area contributed by atoms with Gasteiger partial charge in [0.25, 0.3) is 0 Å². The normalized spacial score (nSPS) is 13.5. The van der Waals surface area contributed by atoms with Gasteiger partial charge in [0, 0.05) is 6.20 Å². The van der Waals surface area contributed by atoms with Crippen LogP contribution in [0.1, 0.15) is 0 Å². The van der Waals surface area contributed by atoms with Crippen LogP contribution in [0.4, 0.5) is 13.2 Å². The van der Waals surface area contributed by atoms with Gasteiger partial charge in [-0.05, 0) is 34.5 Å². The molecular weight excluding hydrogens is 547 g/mol. The third-order valence-electron chi connectivity index (χ3n) is 4.79. The van der Waals surface area contributed by atoms with Gasteiger partial charge in [0.15, 0.2) is 21.7 Å². The molecule has 196 valence electrons. The minimum Gasteiger partial charge on any atom is -0.439 e. The SMILES string of the molecule is NC(CS(=O)(=O)c1ccc(-c2ccc3nncn3c2)c(-c2nn[nH]n2)c1S(N)(=O)=O)OC(=O)C(F)(F)F. The lowest BCUT2D eigenvalue weighted by molar-refractivity contribution is -0.203. The summed E-state index contributed by atoms with van der Waals surface area (Å²) in [6.07, 6.45) is -4.87. The van der Waals surface area contributed by atoms with Crippen LogP contribution in [0.15, 0.2) is 46.6 Å². The fourth-order valence-electron chi connectivity index (χ4n) is 3.35. The summed E-state index contributed by atoms with van der Waals surface area (Å²) in [5, 5.41) is 25.9. The molecule has 5 N–H and O–H groups in total. The predicted octanol–water partition coefficient (Wildman–Crippen LogP) is -0.612. The number of primary sulfonamides is 1. The van der Waals surface area contributed by atoms with Crippen LogP contribution in [0.2, 0.25) is 0 Å². The van der Waals surface area contributed by atoms with E-state index in [0.717, 1.165) is 6.07 Å². The van der Waals surface area contributed by atoms with Gasteiger partial charge in [-0.1, -0.05) is 6.07 Å². The number of fused-ring (bicyclic) bond motifs is 1. The number of carbonyl (C=O) groups is 1. The van der Waals surface area contributed by atoms with Gasteiger partial charge < -0.3 is 4.74 Å². The predicted molar refractivity (Wildman–Crippen MR) is 115 cm³/mol. The summed E-state index contributed by atoms with van der Waals surface area (Å²) in [7, 11) is -9.72. The molecular formula is C17H14F3N9O6S2. The standard InChI is InChI=1S/C17H14F3N9O6S2/c18-17(19,20)16(30)35-11(21)6-36(31,32)10-3-2-9(8-1-4-12-24-23-7-29(12)5-8)13(14(10)37(22,33)34)15-25-27-28-26-15/h1-5,7,11H,6,21H2,(H2,22,33,34)(H,25,26,27,28). The van der Waals surface area contributed by atoms with Crippen LogP contribution in [-0.2, 0) is 29.4 Å². The molecule has 3 heterocycles. The molecule has 1 atom stereocenters. The van der Waals surface area contributed by atoms with Crippen molar-refractivity contribution in [3.8, 4) is 22.5 Å². The van der Waals surface area contributed by atoms with E-state index in [1.165, 1.54) is 35.1 Å². The van der Waals surface area contributed by atoms with E-state index in [9.17, 15) is 34.8 Å². The number of H-pyrrole nitrogens is 1. The highest BCUT2D eigenvalue weighted by molar-refractivity contribution is 7.93. The van der Waals surface area contributed by atoms with E-state index in [0.29, 0.717) is 11.2 Å². The molecule has 1 aromatic carbocycles. The molecule has 15 nitrogen and oxygen atoms in total. The highest BCUT2D eigenvalue weighted by Crippen LogP contribution is 2.39. The fraction of sp³-hybridized carbons (Fsp3) is 0.176. The third-order valence-corrected chi connectivity index (χ3v) is 7.69. The Balaban J connectivity index is 1.91. The van der Waals surface area contributed by atoms with Crippen molar-refractivity contribution >= 4 is 31.5 Å². The molecule has 0 spiro atoms. The van der Waals surface area contributed by atoms with Gasteiger partial charge in [-0.15, -0.1) is 20.4 Å². The van der Waals surface area contributed by atoms with Crippen molar-refractivity contribution in [1.29, 1.82) is 0 Å². The van der Waals surface area contributed by atoms with Crippen molar-refractivity contribution in [2.45, 2.75) is 22.2 Å². The number of tetrazole rings is 1. The third kappa shape index (κ3) is 5.26. The zero-order valence-electron chi connectivity index (χ0n) is 18.0. The number of hydrogen-bond donors (Lipinski definition) is 3. The van der Waals surface area contributed by atoms with Crippen molar-refractivity contribution in [2.75, 3.05) is 5.75 Å². The smallest absolute Gasteiger partial charge is 0.439 e. The molecule has 0 aliphatic rings. The Hall–Kier alpha value is -4.01. The first-order chi connectivity index (χ1) is 17.2. The van der Waals surface area contributed by atoms with Crippen LogP contribution in [0.5, 0.6) is 0 Å². The molecule has 0 radical (unpaired) electrons. The Morgan fingerprint density at radius 2 is 1.86 bits per heavy atom. The van der Waals surface area contributed by atoms with E-state index in [1.54, 1.807) is 0 Å². The Bertz CT molecular complexity index is 1700. The van der Waals surface area contributed by atoms with E-state index < -0.39 is 53.8 Å². The van der Waals surface area contributed by atoms with E-state index in [-0.39, 0.29) is 17.0 Å². The maximum Gasteiger partial charge on any atom is 0.490 e. The van der Waals surface area contributed by atoms with Crippen molar-refractivity contribution in [2.24, 2.45) is 10.9 Å². The molecule has 37 heavy (non-hydrogen) atoms. The summed E-state index contributed by atoms with van der Waals surface area (Å²) in [5.74, 6) is -4.50. The Kier molecular flexibility index (Phi) is 6.44. The lowest BCUT2D eigenvalue weighted by Crippen LogP contribution is -2.39. The second kappa shape index (κ2) is 9.14. The number of hydrogen-bond acceptors (Lipinski definition) is 12. The van der Waals surface area contributed by atoms with Gasteiger partial charge in [0.05, 0.1) is 10.5 Å². The minimum absolute atomic E-state index is 0.0905. The van der Waals surface area contributed by atoms with Crippen LogP contribution in [-0.4, -0.2) is 76.2 Å². The topological polar surface area (TPSA) is 231 Å². The fourth-order valence-corrected chi connectivity index (χ4v) is 6.26. The zero-order chi connectivity index (χ0) is 27.2. The van der Waals surface area contributed by atoms with Crippen LogP contribution >= 0.6 is 0 Å². The van der Waals surface area contributed by atoms with Crippen molar-refractivity contribution in [3.05, 3.63) is 36.8 Å². The number of sulfonamides is 1. The maximum atomic E-state index is 13.1. The van der Waals surface area contributed by atoms with E-state index in [1.807, 2.05) is 0 Å². The summed E-state index contributed by atoms with van der Waals surface area (Å²) in [6.45, 7) is 0. The molecule has 0 bridgehead atoms. The van der Waals surface area contributed by atoms with Crippen LogP contribution < -0.4 is 10.9 Å². The number of benzene rings is 1. The van der Waals surface area contributed by atoms with Gasteiger partial charge in [0.1, 0.15) is 17.0 Å². The summed E-state index contributed by atoms with van der Waals surface area (Å²) >= 11 is 0. The number of pyridine rings is 1. The summed E-state index contributed by atoms with van der Waals surface area (Å²) in [5.41, 5.74) is 5.77. The summed E-state index contributed by atoms with van der Waals surface area (Å²) in [6, 6.07) is 5.13. The quantitative estimate of drug-likeness (QED) is 0.189. The van der Waals surface area contributed by atoms with E-state index >= 15 is 0 Å². The minimum atomic E-state index is -5.44. The van der Waals surface area contributed by atoms with Gasteiger partial charge >= 0.3 is 12.1 Å². The highest BCUT2D eigenvalue weighted by atomic mass is 32.2. The number of rotatable bonds is 7. The number of sulfone groups is 1. The molecule has 0 saturated heterocycles. The number of halogens is 3. The second-order valence-corrected chi connectivity index (χ2v) is 10.8. The Morgan fingerprint density at radius 1 is 1.14 bits per heavy atom. The lowest BCUT2D eigenvalue weighted by Gasteiger charge is -2.18. The monoisotopic (exact) mass is 561 g/mol. The average Bonchev–Trinajstić information content (AvgIpc) is 3.48. The molecule has 20 heteroatoms. The molecule has 0 aliphatic heterocycles. The molecule has 0 fully saturated rings. The number of nitrogens with one attached hydrogen (secondary N) is 1. The zero-order valence-corrected chi connectivity index (χ0v) is 19.6. The first-order valence-electron chi connectivity index (χ1n) is 9.68. The van der Waals surface area contributed by atoms with Crippen molar-refractivity contribution < 1.29 is 39.5 Å². The molecule has 0 amide bonds. The molecule has 3 aromatic heterocycles. The summed E-state index contributed by atoms with van der Waals surface area (Å²) < 4.78 is 94.4. The maximum absolute atomic E-state index is 13.1. The van der Waals surface area contributed by atoms with Crippen molar-refractivity contribution in [3.63, 3.8) is 0 Å². The number of nitrogens with zero attached hydrogens (tertiary/aromatic N) is 6. The second-order valence-electron chi connectivity index (χ2n) is 7.33. The number of aromatic amines is 1. The van der Waals surface area contributed by atoms with Crippen LogP contribution in [0, 0.1) is 0 Å². The Labute approximate surface area is 204 Å². The van der Waals surface area contributed by atoms with Crippen LogP contribution in [0.3, 0.4) is 0 Å². The average molecular weight is 561 g/mol. The number of esters is 1. The van der Waals surface area contributed by atoms with Crippen LogP contribution in [0.25, 0.3) is 28.2 Å². The lowest BCUT2D eigenvalue weighted by atomic mass is 10.0. The molecule has 1 unspecified atom stereocenters. The molecule has 0 saturated carbocycles. The van der Waals surface area contributed by atoms with E-state index in [4.69, 9.17) is 10.9 Å². The number of alkyl halides is 3. The number of aromatic nitrogens is 7. The Morgan fingerprint density at radius 3 is 2.49 bits per heavy atom. The van der Waals surface area contributed by atoms with Gasteiger partial charge in [0.2, 0.25) is 15.8 Å². The van der Waals surface area contributed by atoms with Crippen molar-refractivity contribution in [1.82, 2.24) is 35.2 Å². The summed E-state index contributed by atoms with van der Waals surface area (Å²) in [4.78, 5) is 9.11. The number of nitrogens with two attached hydrogens (primary N) is 2. The number of ether oxygens (including phenoxy) is 1. The molecule has 4 rings (SSSR count). The van der Waals surface area contributed by atoms with Gasteiger partial charge in [-0.25, -0.2) is 26.8 Å². The first-order valence-corrected chi connectivity index (χ1v) is 12.9. The highest BCUT2D eigenvalue weighted by Gasteiger charge is 2.43. The first kappa shape index (κ1) is 26.1. The number of carbonyl (C=O) groups excluding carboxylic acids is 1.